The lowest BCUT2D eigenvalue weighted by molar-refractivity contribution is -0.00650. The summed E-state index contributed by atoms with van der Waals surface area (Å²) in [5.41, 5.74) is 6.64. The van der Waals surface area contributed by atoms with Crippen LogP contribution < -0.4 is 0 Å². The number of aromatic nitrogens is 3. The number of aryl methyl sites for hydroxylation is 1. The lowest BCUT2D eigenvalue weighted by Crippen LogP contribution is -2.34. The molecule has 2 aliphatic rings. The van der Waals surface area contributed by atoms with Crippen LogP contribution in [0.25, 0.3) is 22.4 Å². The zero-order valence-corrected chi connectivity index (χ0v) is 13.0. The number of H-pyrrole nitrogens is 1. The molecule has 1 atom stereocenters. The van der Waals surface area contributed by atoms with Crippen LogP contribution in [-0.4, -0.2) is 27.2 Å². The molecule has 23 heavy (non-hydrogen) atoms. The maximum absolute atomic E-state index is 6.11. The molecule has 1 spiro atoms. The van der Waals surface area contributed by atoms with Crippen LogP contribution in [0, 0.1) is 0 Å². The van der Waals surface area contributed by atoms with Gasteiger partial charge in [0.1, 0.15) is 5.52 Å². The highest BCUT2D eigenvalue weighted by molar-refractivity contribution is 5.80. The summed E-state index contributed by atoms with van der Waals surface area (Å²) >= 11 is 0. The van der Waals surface area contributed by atoms with Crippen molar-refractivity contribution >= 4 is 11.2 Å². The highest BCUT2D eigenvalue weighted by Crippen LogP contribution is 2.40. The lowest BCUT2D eigenvalue weighted by atomic mass is 9.81. The van der Waals surface area contributed by atoms with Crippen LogP contribution in [0.1, 0.15) is 30.5 Å². The molecule has 1 N–H and O–H groups in total. The smallest absolute Gasteiger partial charge is 0.156 e. The van der Waals surface area contributed by atoms with Gasteiger partial charge >= 0.3 is 0 Å². The highest BCUT2D eigenvalue weighted by Gasteiger charge is 2.40. The third kappa shape index (κ3) is 2.09. The minimum Gasteiger partial charge on any atom is -0.375 e. The zero-order chi connectivity index (χ0) is 15.3. The van der Waals surface area contributed by atoms with Crippen LogP contribution >= 0.6 is 0 Å². The van der Waals surface area contributed by atoms with Crippen LogP contribution in [0.3, 0.4) is 0 Å². The predicted molar refractivity (Wildman–Crippen MR) is 89.3 cm³/mol. The van der Waals surface area contributed by atoms with Gasteiger partial charge < -0.3 is 9.72 Å². The molecule has 0 saturated carbocycles. The topological polar surface area (TPSA) is 50.8 Å². The number of nitrogens with zero attached hydrogens (tertiary/aromatic N) is 2. The van der Waals surface area contributed by atoms with Gasteiger partial charge in [0.25, 0.3) is 0 Å². The quantitative estimate of drug-likeness (QED) is 0.746. The summed E-state index contributed by atoms with van der Waals surface area (Å²) in [4.78, 5) is 13.0. The first-order chi connectivity index (χ1) is 11.3. The van der Waals surface area contributed by atoms with Crippen LogP contribution in [0.4, 0.5) is 0 Å². The zero-order valence-electron chi connectivity index (χ0n) is 13.0. The molecule has 1 aromatic carbocycles. The Kier molecular flexibility index (Phi) is 2.82. The van der Waals surface area contributed by atoms with Gasteiger partial charge in [-0.05, 0) is 25.7 Å². The van der Waals surface area contributed by atoms with E-state index in [1.54, 1.807) is 0 Å². The van der Waals surface area contributed by atoms with Gasteiger partial charge in [-0.25, -0.2) is 9.97 Å². The molecule has 4 nitrogen and oxygen atoms in total. The van der Waals surface area contributed by atoms with Crippen molar-refractivity contribution in [3.63, 3.8) is 0 Å². The van der Waals surface area contributed by atoms with Gasteiger partial charge in [0, 0.05) is 29.8 Å². The predicted octanol–water partition coefficient (Wildman–Crippen LogP) is 3.66. The Morgan fingerprint density at radius 2 is 2.04 bits per heavy atom. The number of benzene rings is 1. The minimum atomic E-state index is 0.0482. The molecule has 1 aliphatic carbocycles. The molecule has 116 valence electrons. The second-order valence-corrected chi connectivity index (χ2v) is 6.71. The molecule has 4 heteroatoms. The number of aromatic amines is 1. The molecule has 1 fully saturated rings. The van der Waals surface area contributed by atoms with E-state index in [1.807, 2.05) is 24.4 Å². The second-order valence-electron chi connectivity index (χ2n) is 6.71. The van der Waals surface area contributed by atoms with Crippen LogP contribution in [-0.2, 0) is 17.6 Å². The minimum absolute atomic E-state index is 0.0482. The number of hydrogen-bond donors (Lipinski definition) is 1. The van der Waals surface area contributed by atoms with E-state index in [4.69, 9.17) is 9.72 Å². The first-order valence-electron chi connectivity index (χ1n) is 8.39. The van der Waals surface area contributed by atoms with E-state index in [0.29, 0.717) is 0 Å². The summed E-state index contributed by atoms with van der Waals surface area (Å²) in [7, 11) is 0. The maximum Gasteiger partial charge on any atom is 0.156 e. The summed E-state index contributed by atoms with van der Waals surface area (Å²) < 4.78 is 6.11. The van der Waals surface area contributed by atoms with Gasteiger partial charge in [-0.15, -0.1) is 0 Å². The van der Waals surface area contributed by atoms with E-state index < -0.39 is 0 Å². The Morgan fingerprint density at radius 1 is 1.13 bits per heavy atom. The molecule has 5 rings (SSSR count). The second kappa shape index (κ2) is 4.90. The number of rotatable bonds is 1. The Hall–Kier alpha value is -2.20. The fourth-order valence-corrected chi connectivity index (χ4v) is 4.06. The van der Waals surface area contributed by atoms with Crippen LogP contribution in [0.15, 0.2) is 36.5 Å². The fourth-order valence-electron chi connectivity index (χ4n) is 4.06. The number of ether oxygens (including phenoxy) is 1. The van der Waals surface area contributed by atoms with Gasteiger partial charge in [-0.3, -0.25) is 0 Å². The van der Waals surface area contributed by atoms with E-state index in [9.17, 15) is 0 Å². The highest BCUT2D eigenvalue weighted by atomic mass is 16.5. The van der Waals surface area contributed by atoms with Crippen molar-refractivity contribution in [3.05, 3.63) is 47.8 Å². The van der Waals surface area contributed by atoms with Crippen molar-refractivity contribution in [2.24, 2.45) is 0 Å². The maximum atomic E-state index is 6.11. The van der Waals surface area contributed by atoms with E-state index >= 15 is 0 Å². The molecular weight excluding hydrogens is 286 g/mol. The van der Waals surface area contributed by atoms with E-state index in [0.717, 1.165) is 48.3 Å². The van der Waals surface area contributed by atoms with Gasteiger partial charge in [0.15, 0.2) is 5.65 Å². The first kappa shape index (κ1) is 13.3. The molecule has 3 heterocycles. The van der Waals surface area contributed by atoms with Gasteiger partial charge in [-0.2, -0.15) is 0 Å². The van der Waals surface area contributed by atoms with Crippen molar-refractivity contribution in [3.8, 4) is 11.3 Å². The molecular formula is C19H19N3O. The Bertz CT molecular complexity index is 863. The third-order valence-electron chi connectivity index (χ3n) is 5.28. The lowest BCUT2D eigenvalue weighted by Gasteiger charge is -2.32. The molecule has 0 bridgehead atoms. The van der Waals surface area contributed by atoms with E-state index in [1.165, 1.54) is 24.1 Å². The molecule has 1 aliphatic heterocycles. The van der Waals surface area contributed by atoms with E-state index in [2.05, 4.69) is 22.1 Å². The first-order valence-corrected chi connectivity index (χ1v) is 8.39. The standard InChI is InChI=1S/C19H19N3O/c1-2-5-13(6-3-1)16-12-20-18-17(21-16)14-11-19(8-4-10-23-19)9-7-15(14)22-18/h1-3,5-6,12H,4,7-11H2,(H,20,22). The Morgan fingerprint density at radius 3 is 2.87 bits per heavy atom. The molecule has 1 saturated heterocycles. The van der Waals surface area contributed by atoms with Gasteiger partial charge in [0.2, 0.25) is 0 Å². The van der Waals surface area contributed by atoms with E-state index in [-0.39, 0.29) is 5.60 Å². The molecule has 1 unspecified atom stereocenters. The fraction of sp³-hybridized carbons (Fsp3) is 0.368. The van der Waals surface area contributed by atoms with Gasteiger partial charge in [-0.1, -0.05) is 30.3 Å². The average molecular weight is 305 g/mol. The molecule has 0 amide bonds. The molecule has 2 aromatic heterocycles. The SMILES string of the molecule is c1ccc(-c2cnc3[nH]c4c(c3n2)CC2(CCCO2)CC4)cc1. The van der Waals surface area contributed by atoms with Crippen molar-refractivity contribution in [1.82, 2.24) is 15.0 Å². The number of hydrogen-bond acceptors (Lipinski definition) is 3. The normalized spacial score (nSPS) is 23.5. The number of fused-ring (bicyclic) bond motifs is 3. The molecule has 0 radical (unpaired) electrons. The van der Waals surface area contributed by atoms with Crippen molar-refractivity contribution in [2.45, 2.75) is 37.7 Å². The summed E-state index contributed by atoms with van der Waals surface area (Å²) in [5.74, 6) is 0. The van der Waals surface area contributed by atoms with Crippen LogP contribution in [0.2, 0.25) is 0 Å². The molecule has 3 aromatic rings. The third-order valence-corrected chi connectivity index (χ3v) is 5.28. The monoisotopic (exact) mass is 305 g/mol. The van der Waals surface area contributed by atoms with Crippen molar-refractivity contribution < 1.29 is 4.74 Å². The average Bonchev–Trinajstić information content (AvgIpc) is 3.20. The summed E-state index contributed by atoms with van der Waals surface area (Å²) in [5, 5.41) is 0. The van der Waals surface area contributed by atoms with Crippen LogP contribution in [0.5, 0.6) is 0 Å². The largest absolute Gasteiger partial charge is 0.375 e. The Labute approximate surface area is 134 Å². The summed E-state index contributed by atoms with van der Waals surface area (Å²) in [6.07, 6.45) is 7.33. The Balaban J connectivity index is 1.63. The van der Waals surface area contributed by atoms with Crippen molar-refractivity contribution in [1.29, 1.82) is 0 Å². The number of nitrogens with one attached hydrogen (secondary N) is 1. The summed E-state index contributed by atoms with van der Waals surface area (Å²) in [6.45, 7) is 0.901. The van der Waals surface area contributed by atoms with Crippen molar-refractivity contribution in [2.75, 3.05) is 6.61 Å². The van der Waals surface area contributed by atoms with Gasteiger partial charge in [0.05, 0.1) is 17.5 Å². The summed E-state index contributed by atoms with van der Waals surface area (Å²) in [6, 6.07) is 10.3.